The van der Waals surface area contributed by atoms with Crippen LogP contribution < -0.4 is 0 Å². The van der Waals surface area contributed by atoms with Gasteiger partial charge in [0.25, 0.3) is 6.43 Å². The molecule has 0 heterocycles. The third kappa shape index (κ3) is 2.56. The fourth-order valence-corrected chi connectivity index (χ4v) is 2.76. The Morgan fingerprint density at radius 2 is 1.76 bits per heavy atom. The lowest BCUT2D eigenvalue weighted by atomic mass is 10.0. The maximum Gasteiger partial charge on any atom is 0.255 e. The van der Waals surface area contributed by atoms with Gasteiger partial charge in [-0.1, -0.05) is 27.7 Å². The summed E-state index contributed by atoms with van der Waals surface area (Å²) in [7, 11) is 0. The van der Waals surface area contributed by atoms with Crippen LogP contribution in [0.15, 0.2) is 0 Å². The van der Waals surface area contributed by atoms with E-state index in [1.54, 1.807) is 0 Å². The minimum atomic E-state index is -2.51. The van der Waals surface area contributed by atoms with Gasteiger partial charge in [-0.3, -0.25) is 4.79 Å². The fourth-order valence-electron chi connectivity index (χ4n) is 2.56. The Morgan fingerprint density at radius 1 is 1.29 bits per heavy atom. The first-order valence-electron chi connectivity index (χ1n) is 5.79. The van der Waals surface area contributed by atoms with Crippen molar-refractivity contribution in [2.75, 3.05) is 19.0 Å². The maximum absolute atomic E-state index is 12.4. The molecule has 0 bridgehead atoms. The Labute approximate surface area is 106 Å². The number of halogens is 3. The minimum absolute atomic E-state index is 0.128. The van der Waals surface area contributed by atoms with Crippen molar-refractivity contribution in [1.82, 2.24) is 4.90 Å². The van der Waals surface area contributed by atoms with Gasteiger partial charge in [0.05, 0.1) is 6.54 Å². The van der Waals surface area contributed by atoms with E-state index in [2.05, 4.69) is 0 Å². The molecule has 0 atom stereocenters. The average Bonchev–Trinajstić information content (AvgIpc) is 2.55. The number of amides is 1. The monoisotopic (exact) mass is 267 g/mol. The van der Waals surface area contributed by atoms with Crippen LogP contribution in [0.1, 0.15) is 27.7 Å². The molecule has 0 unspecified atom stereocenters. The fraction of sp³-hybridized carbons (Fsp3) is 0.917. The smallest absolute Gasteiger partial charge is 0.255 e. The predicted molar refractivity (Wildman–Crippen MR) is 64.4 cm³/mol. The first-order valence-corrected chi connectivity index (χ1v) is 6.32. The second kappa shape index (κ2) is 4.71. The molecule has 1 amide bonds. The van der Waals surface area contributed by atoms with Crippen LogP contribution in [0.5, 0.6) is 0 Å². The van der Waals surface area contributed by atoms with Crippen molar-refractivity contribution < 1.29 is 13.6 Å². The molecule has 0 radical (unpaired) electrons. The number of nitrogens with zero attached hydrogens (tertiary/aromatic N) is 1. The lowest BCUT2D eigenvalue weighted by Crippen LogP contribution is -2.38. The first kappa shape index (κ1) is 14.7. The van der Waals surface area contributed by atoms with Crippen molar-refractivity contribution in [1.29, 1.82) is 0 Å². The average molecular weight is 268 g/mol. The summed E-state index contributed by atoms with van der Waals surface area (Å²) in [4.78, 5) is 13.4. The SMILES string of the molecule is CC1(C)C(C(=O)N(CCCl)CC(F)F)C1(C)C. The molecular weight excluding hydrogens is 248 g/mol. The van der Waals surface area contributed by atoms with E-state index >= 15 is 0 Å². The van der Waals surface area contributed by atoms with E-state index in [0.717, 1.165) is 0 Å². The molecule has 5 heteroatoms. The highest BCUT2D eigenvalue weighted by molar-refractivity contribution is 6.18. The highest BCUT2D eigenvalue weighted by Gasteiger charge is 2.68. The van der Waals surface area contributed by atoms with Gasteiger partial charge in [-0.2, -0.15) is 0 Å². The zero-order valence-corrected chi connectivity index (χ0v) is 11.5. The molecule has 1 fully saturated rings. The van der Waals surface area contributed by atoms with Crippen molar-refractivity contribution in [3.63, 3.8) is 0 Å². The third-order valence-electron chi connectivity index (χ3n) is 4.29. The van der Waals surface area contributed by atoms with Crippen LogP contribution in [-0.4, -0.2) is 36.2 Å². The van der Waals surface area contributed by atoms with E-state index in [1.165, 1.54) is 4.90 Å². The van der Waals surface area contributed by atoms with Crippen LogP contribution in [-0.2, 0) is 4.79 Å². The van der Waals surface area contributed by atoms with Crippen LogP contribution in [0.2, 0.25) is 0 Å². The van der Waals surface area contributed by atoms with Crippen LogP contribution >= 0.6 is 11.6 Å². The van der Waals surface area contributed by atoms with Crippen molar-refractivity contribution in [3.8, 4) is 0 Å². The minimum Gasteiger partial charge on any atom is -0.336 e. The van der Waals surface area contributed by atoms with Crippen LogP contribution in [0.3, 0.4) is 0 Å². The molecule has 17 heavy (non-hydrogen) atoms. The van der Waals surface area contributed by atoms with Crippen LogP contribution in [0.4, 0.5) is 8.78 Å². The predicted octanol–water partition coefficient (Wildman–Crippen LogP) is 3.00. The van der Waals surface area contributed by atoms with E-state index in [-0.39, 0.29) is 35.1 Å². The third-order valence-corrected chi connectivity index (χ3v) is 4.46. The second-order valence-corrected chi connectivity index (χ2v) is 6.12. The number of alkyl halides is 3. The van der Waals surface area contributed by atoms with E-state index in [0.29, 0.717) is 0 Å². The van der Waals surface area contributed by atoms with Gasteiger partial charge in [0, 0.05) is 18.3 Å². The number of hydrogen-bond donors (Lipinski definition) is 0. The summed E-state index contributed by atoms with van der Waals surface area (Å²) < 4.78 is 24.8. The summed E-state index contributed by atoms with van der Waals surface area (Å²) in [6.45, 7) is 7.66. The lowest BCUT2D eigenvalue weighted by Gasteiger charge is -2.22. The summed E-state index contributed by atoms with van der Waals surface area (Å²) in [6, 6.07) is 0. The topological polar surface area (TPSA) is 20.3 Å². The number of carbonyl (C=O) groups excluding carboxylic acids is 1. The number of hydrogen-bond acceptors (Lipinski definition) is 1. The lowest BCUT2D eigenvalue weighted by molar-refractivity contribution is -0.135. The molecule has 0 aromatic carbocycles. The Balaban J connectivity index is 2.74. The zero-order chi connectivity index (χ0) is 13.4. The highest BCUT2D eigenvalue weighted by Crippen LogP contribution is 2.68. The van der Waals surface area contributed by atoms with Gasteiger partial charge in [0.1, 0.15) is 0 Å². The summed E-state index contributed by atoms with van der Waals surface area (Å²) >= 11 is 5.55. The van der Waals surface area contributed by atoms with Gasteiger partial charge < -0.3 is 4.90 Å². The zero-order valence-electron chi connectivity index (χ0n) is 10.8. The summed E-state index contributed by atoms with van der Waals surface area (Å²) in [6.07, 6.45) is -2.51. The molecule has 0 aliphatic heterocycles. The molecule has 0 spiro atoms. The standard InChI is InChI=1S/C12H20ClF2NO/c1-11(2)9(12(11,3)4)10(17)16(6-5-13)7-8(14)15/h8-9H,5-7H2,1-4H3. The molecule has 1 rings (SSSR count). The quantitative estimate of drug-likeness (QED) is 0.701. The van der Waals surface area contributed by atoms with Gasteiger partial charge in [-0.25, -0.2) is 8.78 Å². The summed E-state index contributed by atoms with van der Waals surface area (Å²) in [5.74, 6) is -0.190. The maximum atomic E-state index is 12.4. The molecule has 2 nitrogen and oxygen atoms in total. The molecular formula is C12H20ClF2NO. The van der Waals surface area contributed by atoms with Gasteiger partial charge in [-0.15, -0.1) is 11.6 Å². The van der Waals surface area contributed by atoms with E-state index in [9.17, 15) is 13.6 Å². The van der Waals surface area contributed by atoms with Crippen molar-refractivity contribution >= 4 is 17.5 Å². The molecule has 1 saturated carbocycles. The van der Waals surface area contributed by atoms with Crippen LogP contribution in [0, 0.1) is 16.7 Å². The molecule has 1 aliphatic carbocycles. The number of carbonyl (C=O) groups is 1. The number of rotatable bonds is 5. The Bertz CT molecular complexity index is 291. The first-order chi connectivity index (χ1) is 7.66. The van der Waals surface area contributed by atoms with E-state index < -0.39 is 13.0 Å². The highest BCUT2D eigenvalue weighted by atomic mass is 35.5. The van der Waals surface area contributed by atoms with Crippen molar-refractivity contribution in [2.45, 2.75) is 34.1 Å². The Morgan fingerprint density at radius 3 is 2.06 bits per heavy atom. The van der Waals surface area contributed by atoms with Gasteiger partial charge in [0.2, 0.25) is 5.91 Å². The Hall–Kier alpha value is -0.380. The summed E-state index contributed by atoms with van der Waals surface area (Å²) in [5.41, 5.74) is -0.256. The molecule has 0 aromatic rings. The van der Waals surface area contributed by atoms with Crippen molar-refractivity contribution in [3.05, 3.63) is 0 Å². The van der Waals surface area contributed by atoms with Crippen molar-refractivity contribution in [2.24, 2.45) is 16.7 Å². The summed E-state index contributed by atoms with van der Waals surface area (Å²) in [5, 5.41) is 0. The second-order valence-electron chi connectivity index (χ2n) is 5.74. The molecule has 0 aromatic heterocycles. The Kier molecular flexibility index (Phi) is 4.07. The van der Waals surface area contributed by atoms with Gasteiger partial charge in [0.15, 0.2) is 0 Å². The van der Waals surface area contributed by atoms with E-state index in [1.807, 2.05) is 27.7 Å². The van der Waals surface area contributed by atoms with Gasteiger partial charge >= 0.3 is 0 Å². The molecule has 100 valence electrons. The molecule has 1 aliphatic rings. The van der Waals surface area contributed by atoms with Gasteiger partial charge in [-0.05, 0) is 10.8 Å². The normalized spacial score (nSPS) is 21.6. The van der Waals surface area contributed by atoms with E-state index in [4.69, 9.17) is 11.6 Å². The molecule has 0 saturated heterocycles. The molecule has 0 N–H and O–H groups in total. The van der Waals surface area contributed by atoms with Crippen LogP contribution in [0.25, 0.3) is 0 Å². The largest absolute Gasteiger partial charge is 0.336 e.